The molecule has 0 spiro atoms. The Morgan fingerprint density at radius 2 is 1.35 bits per heavy atom. The van der Waals surface area contributed by atoms with Crippen molar-refractivity contribution < 1.29 is 42.4 Å². The van der Waals surface area contributed by atoms with Gasteiger partial charge < -0.3 is 20.4 Å². The Balaban J connectivity index is 1.78. The summed E-state index contributed by atoms with van der Waals surface area (Å²) in [5, 5.41) is 42.0. The van der Waals surface area contributed by atoms with E-state index in [1.807, 2.05) is 0 Å². The number of Topliss-reactive ketones (excluding diaryl/α,β-unsaturated/α-hetero) is 1. The van der Waals surface area contributed by atoms with Gasteiger partial charge in [-0.15, -0.1) is 0 Å². The molecule has 0 heterocycles. The van der Waals surface area contributed by atoms with Crippen LogP contribution in [0.25, 0.3) is 0 Å². The molecule has 0 fully saturated rings. The number of hydrogen-bond acceptors (Lipinski definition) is 8. The van der Waals surface area contributed by atoms with Crippen molar-refractivity contribution in [3.8, 4) is 23.0 Å². The summed E-state index contributed by atoms with van der Waals surface area (Å²) in [6, 6.07) is 4.28. The van der Waals surface area contributed by atoms with Crippen LogP contribution in [-0.4, -0.2) is 45.3 Å². The van der Waals surface area contributed by atoms with E-state index in [-0.39, 0.29) is 46.3 Å². The van der Waals surface area contributed by atoms with Crippen molar-refractivity contribution in [3.63, 3.8) is 0 Å². The molecule has 0 saturated heterocycles. The van der Waals surface area contributed by atoms with E-state index in [0.717, 1.165) is 82.6 Å². The fraction of sp³-hybridized carbons (Fsp3) is 0.606. The molecule has 2 aromatic carbocycles. The largest absolute Gasteiger partial charge is 0.508 e. The second-order valence-electron chi connectivity index (χ2n) is 11.6. The van der Waals surface area contributed by atoms with Crippen LogP contribution < -0.4 is 0 Å². The molecule has 0 amide bonds. The monoisotopic (exact) mass is 622 g/mol. The van der Waals surface area contributed by atoms with Gasteiger partial charge in [-0.1, -0.05) is 77.6 Å². The number of rotatable bonds is 21. The van der Waals surface area contributed by atoms with Gasteiger partial charge >= 0.3 is 10.4 Å². The molecule has 2 rings (SSSR count). The molecule has 0 radical (unpaired) electrons. The van der Waals surface area contributed by atoms with E-state index in [4.69, 9.17) is 8.74 Å². The third-order valence-corrected chi connectivity index (χ3v) is 8.47. The molecule has 43 heavy (non-hydrogen) atoms. The fourth-order valence-electron chi connectivity index (χ4n) is 5.56. The molecule has 0 aliphatic carbocycles. The molecule has 0 bridgehead atoms. The average Bonchev–Trinajstić information content (AvgIpc) is 2.91. The summed E-state index contributed by atoms with van der Waals surface area (Å²) < 4.78 is 36.1. The number of carbonyl (C=O) groups excluding carboxylic acids is 1. The van der Waals surface area contributed by atoms with Gasteiger partial charge in [0.2, 0.25) is 0 Å². The molecule has 1 unspecified atom stereocenters. The van der Waals surface area contributed by atoms with Gasteiger partial charge in [-0.2, -0.15) is 8.42 Å². The second-order valence-corrected chi connectivity index (χ2v) is 12.7. The van der Waals surface area contributed by atoms with Crippen molar-refractivity contribution in [2.75, 3.05) is 0 Å². The van der Waals surface area contributed by atoms with E-state index in [1.54, 1.807) is 13.0 Å². The Morgan fingerprint density at radius 3 is 1.91 bits per heavy atom. The van der Waals surface area contributed by atoms with Crippen LogP contribution in [0, 0.1) is 6.92 Å². The first-order valence-electron chi connectivity index (χ1n) is 15.6. The Kier molecular flexibility index (Phi) is 15.3. The minimum absolute atomic E-state index is 0.0164. The topological polar surface area (TPSA) is 162 Å². The van der Waals surface area contributed by atoms with Crippen LogP contribution in [0.2, 0.25) is 0 Å². The van der Waals surface area contributed by atoms with Gasteiger partial charge in [0.25, 0.3) is 0 Å². The highest BCUT2D eigenvalue weighted by atomic mass is 32.3. The number of hydrogen-bond donors (Lipinski definition) is 5. The van der Waals surface area contributed by atoms with Gasteiger partial charge in [0.15, 0.2) is 5.78 Å². The van der Waals surface area contributed by atoms with Crippen molar-refractivity contribution in [1.82, 2.24) is 0 Å². The third kappa shape index (κ3) is 12.7. The number of benzene rings is 2. The van der Waals surface area contributed by atoms with Crippen LogP contribution in [-0.2, 0) is 27.4 Å². The van der Waals surface area contributed by atoms with Crippen molar-refractivity contribution in [2.24, 2.45) is 0 Å². The lowest BCUT2D eigenvalue weighted by Crippen LogP contribution is -2.18. The number of phenolic OH excluding ortho intramolecular Hbond substituents is 4. The predicted molar refractivity (Wildman–Crippen MR) is 168 cm³/mol. The summed E-state index contributed by atoms with van der Waals surface area (Å²) in [5.41, 5.74) is 1.97. The van der Waals surface area contributed by atoms with Gasteiger partial charge in [0.1, 0.15) is 23.0 Å². The molecule has 0 aliphatic rings. The smallest absolute Gasteiger partial charge is 0.397 e. The van der Waals surface area contributed by atoms with Crippen LogP contribution in [0.3, 0.4) is 0 Å². The Morgan fingerprint density at radius 1 is 0.791 bits per heavy atom. The number of unbranched alkanes of at least 4 members (excludes halogenated alkanes) is 10. The molecule has 0 aromatic heterocycles. The zero-order valence-electron chi connectivity index (χ0n) is 25.9. The quantitative estimate of drug-likeness (QED) is 0.0531. The van der Waals surface area contributed by atoms with Crippen molar-refractivity contribution in [3.05, 3.63) is 46.0 Å². The third-order valence-electron chi connectivity index (χ3n) is 7.96. The van der Waals surface area contributed by atoms with Crippen LogP contribution in [0.5, 0.6) is 23.0 Å². The second kappa shape index (κ2) is 18.1. The van der Waals surface area contributed by atoms with Crippen LogP contribution in [0.4, 0.5) is 0 Å². The minimum Gasteiger partial charge on any atom is -0.508 e. The molecular weight excluding hydrogens is 572 g/mol. The molecule has 2 aromatic rings. The highest BCUT2D eigenvalue weighted by Gasteiger charge is 2.21. The number of aromatic hydroxyl groups is 4. The van der Waals surface area contributed by atoms with Gasteiger partial charge in [0, 0.05) is 23.6 Å². The lowest BCUT2D eigenvalue weighted by Gasteiger charge is -2.17. The van der Waals surface area contributed by atoms with Crippen molar-refractivity contribution in [1.29, 1.82) is 0 Å². The summed E-state index contributed by atoms with van der Waals surface area (Å²) in [6.45, 7) is 5.07. The number of aryl methyl sites for hydroxylation is 2. The Bertz CT molecular complexity index is 1290. The Hall–Kier alpha value is -2.82. The minimum atomic E-state index is -4.43. The fourth-order valence-corrected chi connectivity index (χ4v) is 6.10. The zero-order chi connectivity index (χ0) is 32.0. The molecule has 242 valence electrons. The van der Waals surface area contributed by atoms with Crippen molar-refractivity contribution in [2.45, 2.75) is 130 Å². The normalized spacial score (nSPS) is 12.5. The van der Waals surface area contributed by atoms with Gasteiger partial charge in [-0.05, 0) is 62.8 Å². The summed E-state index contributed by atoms with van der Waals surface area (Å²) in [6.07, 6.45) is 13.4. The summed E-state index contributed by atoms with van der Waals surface area (Å²) in [4.78, 5) is 12.0. The average molecular weight is 623 g/mol. The molecule has 9 nitrogen and oxygen atoms in total. The molecule has 0 saturated carbocycles. The molecule has 1 atom stereocenters. The molecule has 5 N–H and O–H groups in total. The molecular formula is C33H50O9S. The zero-order valence-corrected chi connectivity index (χ0v) is 26.7. The lowest BCUT2D eigenvalue weighted by molar-refractivity contribution is 0.101. The highest BCUT2D eigenvalue weighted by Crippen LogP contribution is 2.39. The SMILES string of the molecule is CCCCCC(CCCCCCCCCCCc1cc(O)cc(O)c1Cc1c(O)c(C)cc(C(C)=O)c1O)OS(=O)(=O)O. The lowest BCUT2D eigenvalue weighted by atomic mass is 9.91. The van der Waals surface area contributed by atoms with E-state index in [0.29, 0.717) is 30.4 Å². The standard InChI is InChI=1S/C33H50O9S/c1-4-5-13-17-27(42-43(39,40)41)18-15-12-10-8-6-7-9-11-14-16-25-20-26(35)21-31(36)29(25)22-30-32(37)23(2)19-28(24(3)34)33(30)38/h19-21,27,35-38H,4-18,22H2,1-3H3,(H,39,40,41). The van der Waals surface area contributed by atoms with Gasteiger partial charge in [-0.25, -0.2) is 4.18 Å². The summed E-state index contributed by atoms with van der Waals surface area (Å²) in [7, 11) is -4.43. The van der Waals surface area contributed by atoms with Crippen LogP contribution >= 0.6 is 0 Å². The Labute approximate surface area is 256 Å². The highest BCUT2D eigenvalue weighted by molar-refractivity contribution is 7.80. The predicted octanol–water partition coefficient (Wildman–Crippen LogP) is 7.82. The van der Waals surface area contributed by atoms with Gasteiger partial charge in [0.05, 0.1) is 11.7 Å². The number of carbonyl (C=O) groups is 1. The van der Waals surface area contributed by atoms with Crippen LogP contribution in [0.15, 0.2) is 18.2 Å². The first kappa shape index (κ1) is 36.4. The maximum atomic E-state index is 12.0. The summed E-state index contributed by atoms with van der Waals surface area (Å²) >= 11 is 0. The van der Waals surface area contributed by atoms with Gasteiger partial charge in [-0.3, -0.25) is 9.35 Å². The molecule has 0 aliphatic heterocycles. The number of ketones is 1. The number of phenols is 4. The van der Waals surface area contributed by atoms with E-state index >= 15 is 0 Å². The van der Waals surface area contributed by atoms with E-state index in [1.165, 1.54) is 19.1 Å². The maximum Gasteiger partial charge on any atom is 0.397 e. The summed E-state index contributed by atoms with van der Waals surface area (Å²) in [5.74, 6) is -0.938. The van der Waals surface area contributed by atoms with Crippen molar-refractivity contribution >= 4 is 16.2 Å². The van der Waals surface area contributed by atoms with E-state index < -0.39 is 16.5 Å². The first-order chi connectivity index (χ1) is 20.3. The molecule has 10 heteroatoms. The maximum absolute atomic E-state index is 12.0. The van der Waals surface area contributed by atoms with Crippen LogP contribution in [0.1, 0.15) is 136 Å². The van der Waals surface area contributed by atoms with E-state index in [2.05, 4.69) is 6.92 Å². The first-order valence-corrected chi connectivity index (χ1v) is 16.9. The van der Waals surface area contributed by atoms with E-state index in [9.17, 15) is 33.6 Å².